The van der Waals surface area contributed by atoms with Gasteiger partial charge < -0.3 is 14.8 Å². The smallest absolute Gasteiger partial charge is 0.416 e. The van der Waals surface area contributed by atoms with E-state index in [1.54, 1.807) is 24.3 Å². The first-order valence-electron chi connectivity index (χ1n) is 7.74. The van der Waals surface area contributed by atoms with Crippen LogP contribution in [0.4, 0.5) is 18.9 Å². The molecule has 0 fully saturated rings. The number of halogens is 3. The molecular formula is C19H16F3NO4. The van der Waals surface area contributed by atoms with Crippen LogP contribution < -0.4 is 10.1 Å². The lowest BCUT2D eigenvalue weighted by atomic mass is 10.2. The third kappa shape index (κ3) is 6.50. The lowest BCUT2D eigenvalue weighted by Crippen LogP contribution is -2.20. The zero-order chi connectivity index (χ0) is 19.9. The van der Waals surface area contributed by atoms with E-state index in [0.717, 1.165) is 18.2 Å². The van der Waals surface area contributed by atoms with E-state index in [2.05, 4.69) is 5.32 Å². The van der Waals surface area contributed by atoms with E-state index in [9.17, 15) is 22.8 Å². The molecule has 0 aliphatic carbocycles. The van der Waals surface area contributed by atoms with Crippen LogP contribution >= 0.6 is 0 Å². The number of rotatable bonds is 6. The van der Waals surface area contributed by atoms with Crippen molar-refractivity contribution in [2.75, 3.05) is 19.0 Å². The summed E-state index contributed by atoms with van der Waals surface area (Å²) in [6.07, 6.45) is -1.90. The van der Waals surface area contributed by atoms with Crippen molar-refractivity contribution in [3.8, 4) is 5.75 Å². The summed E-state index contributed by atoms with van der Waals surface area (Å²) >= 11 is 0. The number of ether oxygens (including phenoxy) is 2. The molecule has 0 saturated carbocycles. The van der Waals surface area contributed by atoms with Crippen molar-refractivity contribution >= 4 is 23.6 Å². The van der Waals surface area contributed by atoms with Crippen LogP contribution in [0.5, 0.6) is 5.75 Å². The van der Waals surface area contributed by atoms with Gasteiger partial charge >= 0.3 is 12.1 Å². The van der Waals surface area contributed by atoms with Crippen LogP contribution in [-0.2, 0) is 20.5 Å². The van der Waals surface area contributed by atoms with Crippen LogP contribution in [0.15, 0.2) is 54.6 Å². The number of hydrogen-bond donors (Lipinski definition) is 1. The molecule has 0 aliphatic rings. The predicted molar refractivity (Wildman–Crippen MR) is 93.1 cm³/mol. The van der Waals surface area contributed by atoms with Gasteiger partial charge in [0.1, 0.15) is 5.75 Å². The second kappa shape index (κ2) is 8.88. The highest BCUT2D eigenvalue weighted by molar-refractivity contribution is 5.94. The molecule has 0 radical (unpaired) electrons. The molecule has 0 aliphatic heterocycles. The van der Waals surface area contributed by atoms with Crippen LogP contribution in [0.2, 0.25) is 0 Å². The molecule has 0 heterocycles. The maximum absolute atomic E-state index is 12.6. The fraction of sp³-hybridized carbons (Fsp3) is 0.158. The summed E-state index contributed by atoms with van der Waals surface area (Å²) < 4.78 is 47.7. The zero-order valence-electron chi connectivity index (χ0n) is 14.2. The molecule has 0 unspecified atom stereocenters. The Morgan fingerprint density at radius 3 is 2.56 bits per heavy atom. The Balaban J connectivity index is 1.86. The highest BCUT2D eigenvalue weighted by Gasteiger charge is 2.30. The lowest BCUT2D eigenvalue weighted by Gasteiger charge is -2.09. The minimum absolute atomic E-state index is 0.0437. The zero-order valence-corrected chi connectivity index (χ0v) is 14.2. The van der Waals surface area contributed by atoms with E-state index < -0.39 is 30.2 Å². The van der Waals surface area contributed by atoms with Gasteiger partial charge in [-0.2, -0.15) is 13.2 Å². The van der Waals surface area contributed by atoms with Gasteiger partial charge in [-0.1, -0.05) is 18.2 Å². The summed E-state index contributed by atoms with van der Waals surface area (Å²) in [5.41, 5.74) is -0.240. The summed E-state index contributed by atoms with van der Waals surface area (Å²) in [5, 5.41) is 2.24. The third-order valence-electron chi connectivity index (χ3n) is 3.32. The predicted octanol–water partition coefficient (Wildman–Crippen LogP) is 3.91. The summed E-state index contributed by atoms with van der Waals surface area (Å²) in [4.78, 5) is 23.4. The number of amides is 1. The van der Waals surface area contributed by atoms with Gasteiger partial charge in [0.05, 0.1) is 12.7 Å². The fourth-order valence-corrected chi connectivity index (χ4v) is 2.06. The van der Waals surface area contributed by atoms with Crippen LogP contribution in [0.3, 0.4) is 0 Å². The topological polar surface area (TPSA) is 64.6 Å². The number of methoxy groups -OCH3 is 1. The van der Waals surface area contributed by atoms with Gasteiger partial charge in [0.2, 0.25) is 0 Å². The molecule has 8 heteroatoms. The Labute approximate surface area is 153 Å². The molecule has 1 N–H and O–H groups in total. The van der Waals surface area contributed by atoms with E-state index in [-0.39, 0.29) is 5.69 Å². The van der Waals surface area contributed by atoms with Gasteiger partial charge in [0.15, 0.2) is 6.61 Å². The maximum Gasteiger partial charge on any atom is 0.416 e. The standard InChI is InChI=1S/C19H16F3NO4/c1-26-16-7-2-4-13(10-16)8-9-18(25)27-12-17(24)23-15-6-3-5-14(11-15)19(20,21)22/h2-11H,12H2,1H3,(H,23,24). The summed E-state index contributed by atoms with van der Waals surface area (Å²) in [7, 11) is 1.51. The van der Waals surface area contributed by atoms with Crippen LogP contribution in [-0.4, -0.2) is 25.6 Å². The van der Waals surface area contributed by atoms with E-state index in [1.165, 1.54) is 25.3 Å². The second-order valence-corrected chi connectivity index (χ2v) is 5.34. The van der Waals surface area contributed by atoms with Gasteiger partial charge in [-0.05, 0) is 42.0 Å². The van der Waals surface area contributed by atoms with Crippen molar-refractivity contribution in [3.63, 3.8) is 0 Å². The quantitative estimate of drug-likeness (QED) is 0.611. The van der Waals surface area contributed by atoms with E-state index in [1.807, 2.05) is 0 Å². The molecule has 0 bridgehead atoms. The molecule has 5 nitrogen and oxygen atoms in total. The molecule has 2 aromatic carbocycles. The third-order valence-corrected chi connectivity index (χ3v) is 3.32. The Bertz CT molecular complexity index is 847. The number of anilines is 1. The van der Waals surface area contributed by atoms with Gasteiger partial charge in [0, 0.05) is 11.8 Å². The van der Waals surface area contributed by atoms with Gasteiger partial charge in [-0.3, -0.25) is 4.79 Å². The highest BCUT2D eigenvalue weighted by Crippen LogP contribution is 2.30. The molecule has 27 heavy (non-hydrogen) atoms. The van der Waals surface area contributed by atoms with Crippen molar-refractivity contribution in [3.05, 3.63) is 65.7 Å². The normalized spacial score (nSPS) is 11.3. The van der Waals surface area contributed by atoms with Crippen molar-refractivity contribution < 1.29 is 32.2 Å². The fourth-order valence-electron chi connectivity index (χ4n) is 2.06. The molecule has 2 rings (SSSR count). The lowest BCUT2D eigenvalue weighted by molar-refractivity contribution is -0.142. The minimum atomic E-state index is -4.52. The van der Waals surface area contributed by atoms with Crippen molar-refractivity contribution in [2.45, 2.75) is 6.18 Å². The van der Waals surface area contributed by atoms with Crippen LogP contribution in [0, 0.1) is 0 Å². The van der Waals surface area contributed by atoms with Gasteiger partial charge in [-0.25, -0.2) is 4.79 Å². The second-order valence-electron chi connectivity index (χ2n) is 5.34. The van der Waals surface area contributed by atoms with E-state index in [4.69, 9.17) is 9.47 Å². The SMILES string of the molecule is COc1cccc(C=CC(=O)OCC(=O)Nc2cccc(C(F)(F)F)c2)c1. The molecule has 2 aromatic rings. The average Bonchev–Trinajstić information content (AvgIpc) is 2.64. The Hall–Kier alpha value is -3.29. The van der Waals surface area contributed by atoms with E-state index in [0.29, 0.717) is 11.3 Å². The Morgan fingerprint density at radius 1 is 1.11 bits per heavy atom. The molecule has 1 amide bonds. The number of hydrogen-bond acceptors (Lipinski definition) is 4. The monoisotopic (exact) mass is 379 g/mol. The summed E-state index contributed by atoms with van der Waals surface area (Å²) in [6.45, 7) is -0.627. The minimum Gasteiger partial charge on any atom is -0.497 e. The van der Waals surface area contributed by atoms with Gasteiger partial charge in [-0.15, -0.1) is 0 Å². The number of esters is 1. The number of nitrogens with one attached hydrogen (secondary N) is 1. The first-order valence-corrected chi connectivity index (χ1v) is 7.74. The number of carbonyl (C=O) groups excluding carboxylic acids is 2. The van der Waals surface area contributed by atoms with Crippen molar-refractivity contribution in [1.29, 1.82) is 0 Å². The molecular weight excluding hydrogens is 363 g/mol. The first kappa shape index (κ1) is 20.0. The highest BCUT2D eigenvalue weighted by atomic mass is 19.4. The molecule has 0 spiro atoms. The Morgan fingerprint density at radius 2 is 1.85 bits per heavy atom. The maximum atomic E-state index is 12.6. The number of carbonyl (C=O) groups is 2. The molecule has 0 atom stereocenters. The number of benzene rings is 2. The average molecular weight is 379 g/mol. The van der Waals surface area contributed by atoms with Crippen LogP contribution in [0.25, 0.3) is 6.08 Å². The Kier molecular flexibility index (Phi) is 6.59. The number of alkyl halides is 3. The van der Waals surface area contributed by atoms with Crippen molar-refractivity contribution in [2.24, 2.45) is 0 Å². The molecule has 142 valence electrons. The van der Waals surface area contributed by atoms with Crippen LogP contribution in [0.1, 0.15) is 11.1 Å². The summed E-state index contributed by atoms with van der Waals surface area (Å²) in [6, 6.07) is 11.1. The largest absolute Gasteiger partial charge is 0.497 e. The van der Waals surface area contributed by atoms with Crippen molar-refractivity contribution in [1.82, 2.24) is 0 Å². The summed E-state index contributed by atoms with van der Waals surface area (Å²) in [5.74, 6) is -0.902. The molecule has 0 aromatic heterocycles. The van der Waals surface area contributed by atoms with E-state index >= 15 is 0 Å². The molecule has 0 saturated heterocycles. The first-order chi connectivity index (χ1) is 12.8. The van der Waals surface area contributed by atoms with Gasteiger partial charge in [0.25, 0.3) is 5.91 Å².